The van der Waals surface area contributed by atoms with Gasteiger partial charge in [0.05, 0.1) is 30.1 Å². The second kappa shape index (κ2) is 13.3. The lowest BCUT2D eigenvalue weighted by Gasteiger charge is -2.46. The molecule has 1 spiro atoms. The van der Waals surface area contributed by atoms with E-state index >= 15 is 9.59 Å². The minimum atomic E-state index is -1.24. The number of fused-ring (bicyclic) bond motifs is 1. The number of carbonyl (C=O) groups excluding carboxylic acids is 3. The first kappa shape index (κ1) is 35.6. The van der Waals surface area contributed by atoms with Gasteiger partial charge in [-0.15, -0.1) is 13.2 Å². The van der Waals surface area contributed by atoms with Crippen molar-refractivity contribution in [3.8, 4) is 0 Å². The van der Waals surface area contributed by atoms with Crippen LogP contribution in [-0.4, -0.2) is 80.0 Å². The molecule has 0 aromatic heterocycles. The van der Waals surface area contributed by atoms with Gasteiger partial charge in [-0.2, -0.15) is 0 Å². The molecule has 5 rings (SSSR count). The van der Waals surface area contributed by atoms with Gasteiger partial charge in [0.15, 0.2) is 0 Å². The third-order valence-corrected chi connectivity index (χ3v) is 10.6. The van der Waals surface area contributed by atoms with Crippen LogP contribution in [0.3, 0.4) is 0 Å². The van der Waals surface area contributed by atoms with Gasteiger partial charge in [0.25, 0.3) is 0 Å². The molecule has 48 heavy (non-hydrogen) atoms. The van der Waals surface area contributed by atoms with E-state index in [4.69, 9.17) is 4.74 Å². The van der Waals surface area contributed by atoms with E-state index in [1.54, 1.807) is 22.0 Å². The zero-order chi connectivity index (χ0) is 35.1. The van der Waals surface area contributed by atoms with Crippen molar-refractivity contribution < 1.29 is 24.2 Å². The van der Waals surface area contributed by atoms with Gasteiger partial charge in [0, 0.05) is 25.2 Å². The van der Waals surface area contributed by atoms with Gasteiger partial charge in [0.1, 0.15) is 11.6 Å². The fourth-order valence-corrected chi connectivity index (χ4v) is 9.08. The number of likely N-dealkylation sites (tertiary alicyclic amines) is 1. The first-order valence-electron chi connectivity index (χ1n) is 17.2. The van der Waals surface area contributed by atoms with E-state index in [1.165, 1.54) is 0 Å². The number of hydrogen-bond acceptors (Lipinski definition) is 5. The summed E-state index contributed by atoms with van der Waals surface area (Å²) in [7, 11) is 0. The van der Waals surface area contributed by atoms with E-state index in [9.17, 15) is 9.90 Å². The largest absolute Gasteiger partial charge is 0.394 e. The summed E-state index contributed by atoms with van der Waals surface area (Å²) in [5, 5.41) is 10.9. The maximum Gasteiger partial charge on any atom is 0.249 e. The molecule has 3 saturated heterocycles. The van der Waals surface area contributed by atoms with Crippen LogP contribution in [0.2, 0.25) is 0 Å². The third kappa shape index (κ3) is 6.25. The van der Waals surface area contributed by atoms with Crippen LogP contribution in [0, 0.1) is 17.3 Å². The summed E-state index contributed by atoms with van der Waals surface area (Å²) in [6.07, 6.45) is 5.10. The van der Waals surface area contributed by atoms with Crippen molar-refractivity contribution in [1.29, 1.82) is 0 Å². The Balaban J connectivity index is 1.64. The predicted octanol–water partition coefficient (Wildman–Crippen LogP) is 5.93. The van der Waals surface area contributed by atoms with Crippen LogP contribution in [0.15, 0.2) is 86.0 Å². The lowest BCUT2D eigenvalue weighted by Crippen LogP contribution is -2.61. The standard InChI is InChI=1S/C40H53N3O5/c1-9-23-41(25-28-17-13-11-14-18-28)34(45)31-32-35(46)43(30(26-44)29-19-15-12-16-20-29)33(40(32)22-21-39(31,8)48-40)36(47)42(24-10-2)38(6,7)27-37(3,4)5/h9-20,30-33,44H,1-2,21-27H2,3-8H3/t30-,31+,32+,33?,39-,40?/m1/s1. The topological polar surface area (TPSA) is 90.4 Å². The number of nitrogens with zero attached hydrogens (tertiary/aromatic N) is 3. The lowest BCUT2D eigenvalue weighted by atomic mass is 9.66. The zero-order valence-electron chi connectivity index (χ0n) is 29.5. The van der Waals surface area contributed by atoms with Crippen molar-refractivity contribution >= 4 is 17.7 Å². The summed E-state index contributed by atoms with van der Waals surface area (Å²) >= 11 is 0. The highest BCUT2D eigenvalue weighted by Crippen LogP contribution is 2.64. The minimum Gasteiger partial charge on any atom is -0.394 e. The van der Waals surface area contributed by atoms with E-state index in [2.05, 4.69) is 33.9 Å². The molecule has 3 aliphatic heterocycles. The second-order valence-corrected chi connectivity index (χ2v) is 15.9. The van der Waals surface area contributed by atoms with Gasteiger partial charge < -0.3 is 24.5 Å². The quantitative estimate of drug-likeness (QED) is 0.270. The van der Waals surface area contributed by atoms with Crippen molar-refractivity contribution in [3.05, 3.63) is 97.1 Å². The maximum absolute atomic E-state index is 15.3. The molecule has 0 aliphatic carbocycles. The smallest absolute Gasteiger partial charge is 0.249 e. The summed E-state index contributed by atoms with van der Waals surface area (Å²) in [6.45, 7) is 20.9. The Morgan fingerprint density at radius 1 is 0.979 bits per heavy atom. The van der Waals surface area contributed by atoms with Crippen molar-refractivity contribution in [2.45, 2.75) is 96.2 Å². The first-order chi connectivity index (χ1) is 22.6. The molecule has 2 bridgehead atoms. The number of aliphatic hydroxyl groups excluding tert-OH is 1. The summed E-state index contributed by atoms with van der Waals surface area (Å²) in [6, 6.07) is 17.2. The SMILES string of the molecule is C=CCN(Cc1ccccc1)C(=O)[C@@H]1[C@H]2C(=O)N([C@H](CO)c3ccccc3)C(C(=O)N(CC=C)C(C)(C)CC(C)(C)C)C23CC[C@@]1(C)O3. The fourth-order valence-electron chi connectivity index (χ4n) is 9.08. The minimum absolute atomic E-state index is 0.0897. The average molecular weight is 656 g/mol. The molecule has 1 N–H and O–H groups in total. The molecule has 2 unspecified atom stereocenters. The summed E-state index contributed by atoms with van der Waals surface area (Å²) in [5.74, 6) is -2.48. The molecule has 0 saturated carbocycles. The van der Waals surface area contributed by atoms with Gasteiger partial charge in [-0.25, -0.2) is 0 Å². The van der Waals surface area contributed by atoms with Crippen molar-refractivity contribution in [2.75, 3.05) is 19.7 Å². The lowest BCUT2D eigenvalue weighted by molar-refractivity contribution is -0.160. The molecule has 3 amide bonds. The summed E-state index contributed by atoms with van der Waals surface area (Å²) in [5.41, 5.74) is -1.19. The van der Waals surface area contributed by atoms with Crippen LogP contribution >= 0.6 is 0 Å². The number of carbonyl (C=O) groups is 3. The van der Waals surface area contributed by atoms with Crippen LogP contribution in [0.4, 0.5) is 0 Å². The molecule has 3 heterocycles. The van der Waals surface area contributed by atoms with Crippen LogP contribution in [-0.2, 0) is 25.7 Å². The molecule has 258 valence electrons. The molecule has 3 fully saturated rings. The van der Waals surface area contributed by atoms with Crippen LogP contribution in [0.5, 0.6) is 0 Å². The van der Waals surface area contributed by atoms with E-state index < -0.39 is 40.7 Å². The third-order valence-electron chi connectivity index (χ3n) is 10.6. The predicted molar refractivity (Wildman–Crippen MR) is 187 cm³/mol. The average Bonchev–Trinajstić information content (AvgIpc) is 3.60. The molecule has 2 aromatic carbocycles. The Kier molecular flexibility index (Phi) is 9.84. The number of hydrogen-bond donors (Lipinski definition) is 1. The Morgan fingerprint density at radius 2 is 1.58 bits per heavy atom. The number of aliphatic hydroxyl groups is 1. The van der Waals surface area contributed by atoms with E-state index in [-0.39, 0.29) is 36.3 Å². The zero-order valence-corrected chi connectivity index (χ0v) is 29.5. The molecule has 3 aliphatic rings. The molecule has 8 nitrogen and oxygen atoms in total. The fraction of sp³-hybridized carbons (Fsp3) is 0.525. The number of rotatable bonds is 13. The normalized spacial score (nSPS) is 27.0. The van der Waals surface area contributed by atoms with E-state index in [0.29, 0.717) is 37.9 Å². The van der Waals surface area contributed by atoms with Gasteiger partial charge >= 0.3 is 0 Å². The van der Waals surface area contributed by atoms with E-state index in [1.807, 2.05) is 86.3 Å². The van der Waals surface area contributed by atoms with Crippen molar-refractivity contribution in [3.63, 3.8) is 0 Å². The second-order valence-electron chi connectivity index (χ2n) is 15.9. The summed E-state index contributed by atoms with van der Waals surface area (Å²) < 4.78 is 7.00. The molecular formula is C40H53N3O5. The monoisotopic (exact) mass is 655 g/mol. The number of benzene rings is 2. The van der Waals surface area contributed by atoms with E-state index in [0.717, 1.165) is 5.56 Å². The molecule has 0 radical (unpaired) electrons. The van der Waals surface area contributed by atoms with Crippen molar-refractivity contribution in [1.82, 2.24) is 14.7 Å². The number of amides is 3. The van der Waals surface area contributed by atoms with Gasteiger partial charge in [-0.1, -0.05) is 93.6 Å². The highest BCUT2D eigenvalue weighted by molar-refractivity contribution is 5.99. The Labute approximate surface area is 286 Å². The van der Waals surface area contributed by atoms with Crippen LogP contribution < -0.4 is 0 Å². The molecule has 2 aromatic rings. The molecular weight excluding hydrogens is 602 g/mol. The molecule has 8 heteroatoms. The Bertz CT molecular complexity index is 1520. The Morgan fingerprint density at radius 3 is 2.15 bits per heavy atom. The van der Waals surface area contributed by atoms with Gasteiger partial charge in [-0.05, 0) is 56.6 Å². The van der Waals surface area contributed by atoms with Crippen molar-refractivity contribution in [2.24, 2.45) is 17.3 Å². The number of ether oxygens (including phenoxy) is 1. The van der Waals surface area contributed by atoms with Gasteiger partial charge in [0.2, 0.25) is 17.7 Å². The van der Waals surface area contributed by atoms with Gasteiger partial charge in [-0.3, -0.25) is 14.4 Å². The van der Waals surface area contributed by atoms with Crippen LogP contribution in [0.25, 0.3) is 0 Å². The highest BCUT2D eigenvalue weighted by Gasteiger charge is 2.79. The highest BCUT2D eigenvalue weighted by atomic mass is 16.5. The van der Waals surface area contributed by atoms with Crippen LogP contribution in [0.1, 0.15) is 78.0 Å². The maximum atomic E-state index is 15.3. The molecule has 6 atom stereocenters. The first-order valence-corrected chi connectivity index (χ1v) is 17.2. The Hall–Kier alpha value is -3.75. The summed E-state index contributed by atoms with van der Waals surface area (Å²) in [4.78, 5) is 50.2.